The Balaban J connectivity index is 0.00000225. The van der Waals surface area contributed by atoms with E-state index in [0.717, 1.165) is 17.7 Å². The average molecular weight is 361 g/mol. The summed E-state index contributed by atoms with van der Waals surface area (Å²) < 4.78 is 5.43. The van der Waals surface area contributed by atoms with E-state index in [1.54, 1.807) is 0 Å². The van der Waals surface area contributed by atoms with Gasteiger partial charge in [-0.1, -0.05) is 60.2 Å². The second-order valence-corrected chi connectivity index (χ2v) is 6.25. The second-order valence-electron chi connectivity index (χ2n) is 6.25. The van der Waals surface area contributed by atoms with Crippen molar-refractivity contribution in [3.8, 4) is 0 Å². The molecule has 0 bridgehead atoms. The molecule has 0 radical (unpaired) electrons. The van der Waals surface area contributed by atoms with Gasteiger partial charge < -0.3 is 15.4 Å². The fourth-order valence-electron chi connectivity index (χ4n) is 2.96. The first kappa shape index (κ1) is 19.4. The molecule has 1 saturated heterocycles. The summed E-state index contributed by atoms with van der Waals surface area (Å²) in [7, 11) is 0. The highest BCUT2D eigenvalue weighted by atomic mass is 35.5. The topological polar surface area (TPSA) is 50.4 Å². The van der Waals surface area contributed by atoms with Crippen LogP contribution in [0.2, 0.25) is 0 Å². The highest BCUT2D eigenvalue weighted by Crippen LogP contribution is 2.22. The summed E-state index contributed by atoms with van der Waals surface area (Å²) in [6, 6.07) is 18.3. The van der Waals surface area contributed by atoms with Gasteiger partial charge in [-0.05, 0) is 18.1 Å². The van der Waals surface area contributed by atoms with E-state index >= 15 is 0 Å². The van der Waals surface area contributed by atoms with Gasteiger partial charge in [-0.2, -0.15) is 0 Å². The van der Waals surface area contributed by atoms with E-state index < -0.39 is 0 Å². The van der Waals surface area contributed by atoms with E-state index in [1.165, 1.54) is 5.56 Å². The maximum absolute atomic E-state index is 12.5. The van der Waals surface area contributed by atoms with Crippen molar-refractivity contribution < 1.29 is 9.53 Å². The number of rotatable bonds is 5. The molecule has 2 unspecified atom stereocenters. The Hall–Kier alpha value is -1.88. The molecule has 0 saturated carbocycles. The standard InChI is InChI=1S/C20H24N2O2.ClH/c1-15-7-9-17(10-8-15)20(16-5-3-2-4-6-16)22-19(23)13-18-14-24-12-11-21-18;/h2-10,18,20-21H,11-14H2,1H3,(H,22,23);1H. The molecule has 1 fully saturated rings. The minimum atomic E-state index is -0.135. The number of morpholine rings is 1. The Bertz CT molecular complexity index is 655. The van der Waals surface area contributed by atoms with Crippen LogP contribution in [0.15, 0.2) is 54.6 Å². The first-order valence-corrected chi connectivity index (χ1v) is 8.44. The van der Waals surface area contributed by atoms with Crippen molar-refractivity contribution in [2.24, 2.45) is 0 Å². The number of hydrogen-bond acceptors (Lipinski definition) is 3. The Morgan fingerprint density at radius 3 is 2.48 bits per heavy atom. The van der Waals surface area contributed by atoms with Crippen molar-refractivity contribution in [3.05, 3.63) is 71.3 Å². The van der Waals surface area contributed by atoms with E-state index in [1.807, 2.05) is 30.3 Å². The van der Waals surface area contributed by atoms with Crippen molar-refractivity contribution in [1.82, 2.24) is 10.6 Å². The third kappa shape index (κ3) is 5.56. The predicted octanol–water partition coefficient (Wildman–Crippen LogP) is 3.00. The molecular weight excluding hydrogens is 336 g/mol. The number of carbonyl (C=O) groups excluding carboxylic acids is 1. The maximum atomic E-state index is 12.5. The lowest BCUT2D eigenvalue weighted by molar-refractivity contribution is -0.122. The highest BCUT2D eigenvalue weighted by molar-refractivity contribution is 5.85. The van der Waals surface area contributed by atoms with Gasteiger partial charge in [0.1, 0.15) is 0 Å². The van der Waals surface area contributed by atoms with Crippen LogP contribution in [0.3, 0.4) is 0 Å². The second kappa shape index (κ2) is 9.56. The van der Waals surface area contributed by atoms with Gasteiger partial charge in [0.2, 0.25) is 5.91 Å². The van der Waals surface area contributed by atoms with E-state index in [9.17, 15) is 4.79 Å². The zero-order chi connectivity index (χ0) is 16.8. The lowest BCUT2D eigenvalue weighted by Crippen LogP contribution is -2.44. The fourth-order valence-corrected chi connectivity index (χ4v) is 2.96. The van der Waals surface area contributed by atoms with Crippen LogP contribution in [-0.4, -0.2) is 31.7 Å². The largest absolute Gasteiger partial charge is 0.378 e. The molecule has 3 rings (SSSR count). The summed E-state index contributed by atoms with van der Waals surface area (Å²) >= 11 is 0. The van der Waals surface area contributed by atoms with Crippen LogP contribution in [0, 0.1) is 6.92 Å². The molecule has 4 nitrogen and oxygen atoms in total. The van der Waals surface area contributed by atoms with Gasteiger partial charge in [-0.15, -0.1) is 12.4 Å². The molecule has 1 heterocycles. The van der Waals surface area contributed by atoms with Gasteiger partial charge in [0.15, 0.2) is 0 Å². The van der Waals surface area contributed by atoms with Crippen molar-refractivity contribution >= 4 is 18.3 Å². The molecule has 5 heteroatoms. The number of nitrogens with one attached hydrogen (secondary N) is 2. The smallest absolute Gasteiger partial charge is 0.222 e. The van der Waals surface area contributed by atoms with E-state index in [0.29, 0.717) is 19.6 Å². The molecule has 1 aliphatic rings. The van der Waals surface area contributed by atoms with Crippen LogP contribution in [-0.2, 0) is 9.53 Å². The molecular formula is C20H25ClN2O2. The van der Waals surface area contributed by atoms with Crippen LogP contribution >= 0.6 is 12.4 Å². The third-order valence-corrected chi connectivity index (χ3v) is 4.28. The minimum Gasteiger partial charge on any atom is -0.378 e. The quantitative estimate of drug-likeness (QED) is 0.861. The summed E-state index contributed by atoms with van der Waals surface area (Å²) in [4.78, 5) is 12.5. The number of carbonyl (C=O) groups is 1. The van der Waals surface area contributed by atoms with Gasteiger partial charge in [-0.25, -0.2) is 0 Å². The number of ether oxygens (including phenoxy) is 1. The normalized spacial score (nSPS) is 18.0. The first-order chi connectivity index (χ1) is 11.7. The molecule has 2 atom stereocenters. The molecule has 134 valence electrons. The zero-order valence-electron chi connectivity index (χ0n) is 14.4. The lowest BCUT2D eigenvalue weighted by Gasteiger charge is -2.25. The van der Waals surface area contributed by atoms with Gasteiger partial charge in [0, 0.05) is 19.0 Å². The van der Waals surface area contributed by atoms with Gasteiger partial charge >= 0.3 is 0 Å². The highest BCUT2D eigenvalue weighted by Gasteiger charge is 2.21. The molecule has 2 aromatic rings. The first-order valence-electron chi connectivity index (χ1n) is 8.44. The van der Waals surface area contributed by atoms with E-state index in [2.05, 4.69) is 41.8 Å². The summed E-state index contributed by atoms with van der Waals surface area (Å²) in [6.07, 6.45) is 0.426. The third-order valence-electron chi connectivity index (χ3n) is 4.28. The fraction of sp³-hybridized carbons (Fsp3) is 0.350. The zero-order valence-corrected chi connectivity index (χ0v) is 15.2. The van der Waals surface area contributed by atoms with Crippen molar-refractivity contribution in [3.63, 3.8) is 0 Å². The van der Waals surface area contributed by atoms with E-state index in [4.69, 9.17) is 4.74 Å². The Kier molecular flexibility index (Phi) is 7.44. The Labute approximate surface area is 155 Å². The number of amides is 1. The molecule has 25 heavy (non-hydrogen) atoms. The molecule has 2 aromatic carbocycles. The van der Waals surface area contributed by atoms with Gasteiger partial charge in [-0.3, -0.25) is 4.79 Å². The summed E-state index contributed by atoms with van der Waals surface area (Å²) in [5.74, 6) is 0.0347. The lowest BCUT2D eigenvalue weighted by atomic mass is 9.97. The molecule has 2 N–H and O–H groups in total. The van der Waals surface area contributed by atoms with Crippen LogP contribution < -0.4 is 10.6 Å². The van der Waals surface area contributed by atoms with Gasteiger partial charge in [0.05, 0.1) is 19.3 Å². The van der Waals surface area contributed by atoms with Crippen molar-refractivity contribution in [2.75, 3.05) is 19.8 Å². The number of halogens is 1. The van der Waals surface area contributed by atoms with Gasteiger partial charge in [0.25, 0.3) is 0 Å². The van der Waals surface area contributed by atoms with Crippen LogP contribution in [0.1, 0.15) is 29.2 Å². The van der Waals surface area contributed by atoms with Crippen LogP contribution in [0.4, 0.5) is 0 Å². The SMILES string of the molecule is Cc1ccc(C(NC(=O)CC2COCCN2)c2ccccc2)cc1.Cl. The average Bonchev–Trinajstić information content (AvgIpc) is 2.62. The van der Waals surface area contributed by atoms with Crippen molar-refractivity contribution in [1.29, 1.82) is 0 Å². The number of aryl methyl sites for hydroxylation is 1. The monoisotopic (exact) mass is 360 g/mol. The molecule has 0 spiro atoms. The Morgan fingerprint density at radius 1 is 1.16 bits per heavy atom. The maximum Gasteiger partial charge on any atom is 0.222 e. The minimum absolute atomic E-state index is 0. The van der Waals surface area contributed by atoms with Crippen LogP contribution in [0.5, 0.6) is 0 Å². The molecule has 0 aromatic heterocycles. The molecule has 1 aliphatic heterocycles. The predicted molar refractivity (Wildman–Crippen MR) is 102 cm³/mol. The van der Waals surface area contributed by atoms with E-state index in [-0.39, 0.29) is 30.4 Å². The summed E-state index contributed by atoms with van der Waals surface area (Å²) in [5, 5.41) is 6.51. The Morgan fingerprint density at radius 2 is 1.84 bits per heavy atom. The number of benzene rings is 2. The number of hydrogen-bond donors (Lipinski definition) is 2. The summed E-state index contributed by atoms with van der Waals surface area (Å²) in [5.41, 5.74) is 3.39. The van der Waals surface area contributed by atoms with Crippen molar-refractivity contribution in [2.45, 2.75) is 25.4 Å². The summed E-state index contributed by atoms with van der Waals surface area (Å²) in [6.45, 7) is 4.18. The molecule has 0 aliphatic carbocycles. The molecule has 1 amide bonds. The van der Waals surface area contributed by atoms with Crippen LogP contribution in [0.25, 0.3) is 0 Å².